The van der Waals surface area contributed by atoms with Gasteiger partial charge in [0.1, 0.15) is 5.75 Å². The summed E-state index contributed by atoms with van der Waals surface area (Å²) in [5.41, 5.74) is 3.81. The zero-order chi connectivity index (χ0) is 16.3. The molecule has 0 aliphatic carbocycles. The summed E-state index contributed by atoms with van der Waals surface area (Å²) in [5.74, 6) is 1.56. The Bertz CT molecular complexity index is 652. The number of hydrogen-bond donors (Lipinski definition) is 0. The van der Waals surface area contributed by atoms with Crippen LogP contribution in [0.15, 0.2) is 42.5 Å². The fourth-order valence-electron chi connectivity index (χ4n) is 2.53. The summed E-state index contributed by atoms with van der Waals surface area (Å²) in [6.07, 6.45) is 0. The van der Waals surface area contributed by atoms with E-state index >= 15 is 0 Å². The highest BCUT2D eigenvalue weighted by atomic mass is 16.5. The minimum atomic E-state index is 0.0776. The maximum absolute atomic E-state index is 12.9. The predicted molar refractivity (Wildman–Crippen MR) is 91.0 cm³/mol. The van der Waals surface area contributed by atoms with Crippen LogP contribution < -0.4 is 4.74 Å². The first-order valence-corrected chi connectivity index (χ1v) is 7.76. The number of methoxy groups -OCH3 is 1. The Morgan fingerprint density at radius 1 is 0.909 bits per heavy atom. The van der Waals surface area contributed by atoms with Crippen LogP contribution in [0.1, 0.15) is 66.6 Å². The van der Waals surface area contributed by atoms with Crippen molar-refractivity contribution in [2.75, 3.05) is 7.11 Å². The van der Waals surface area contributed by atoms with Crippen LogP contribution in [-0.4, -0.2) is 12.9 Å². The van der Waals surface area contributed by atoms with Gasteiger partial charge in [-0.15, -0.1) is 0 Å². The molecule has 2 aromatic carbocycles. The highest BCUT2D eigenvalue weighted by molar-refractivity contribution is 6.10. The molecule has 0 aromatic heterocycles. The van der Waals surface area contributed by atoms with Crippen molar-refractivity contribution in [2.24, 2.45) is 0 Å². The lowest BCUT2D eigenvalue weighted by Crippen LogP contribution is -2.08. The molecule has 22 heavy (non-hydrogen) atoms. The summed E-state index contributed by atoms with van der Waals surface area (Å²) in [6, 6.07) is 13.6. The molecule has 0 saturated carbocycles. The second-order valence-corrected chi connectivity index (χ2v) is 6.21. The van der Waals surface area contributed by atoms with Crippen molar-refractivity contribution >= 4 is 5.78 Å². The van der Waals surface area contributed by atoms with Gasteiger partial charge in [0.2, 0.25) is 0 Å². The molecule has 0 unspecified atom stereocenters. The molecular weight excluding hydrogens is 272 g/mol. The zero-order valence-electron chi connectivity index (χ0n) is 14.0. The maximum atomic E-state index is 12.9. The molecule has 0 fully saturated rings. The first-order chi connectivity index (χ1) is 10.4. The number of carbonyl (C=O) groups excluding carboxylic acids is 1. The number of rotatable bonds is 5. The van der Waals surface area contributed by atoms with Crippen LogP contribution in [0.3, 0.4) is 0 Å². The molecule has 0 atom stereocenters. The molecule has 0 bridgehead atoms. The second-order valence-electron chi connectivity index (χ2n) is 6.21. The smallest absolute Gasteiger partial charge is 0.193 e. The largest absolute Gasteiger partial charge is 0.497 e. The van der Waals surface area contributed by atoms with E-state index in [2.05, 4.69) is 39.8 Å². The quantitative estimate of drug-likeness (QED) is 0.711. The molecule has 0 saturated heterocycles. The van der Waals surface area contributed by atoms with Crippen molar-refractivity contribution in [3.05, 3.63) is 64.7 Å². The first-order valence-electron chi connectivity index (χ1n) is 7.76. The molecule has 0 spiro atoms. The maximum Gasteiger partial charge on any atom is 0.193 e. The van der Waals surface area contributed by atoms with Crippen LogP contribution >= 0.6 is 0 Å². The van der Waals surface area contributed by atoms with Gasteiger partial charge in [-0.3, -0.25) is 4.79 Å². The van der Waals surface area contributed by atoms with Gasteiger partial charge in [0.15, 0.2) is 5.78 Å². The van der Waals surface area contributed by atoms with Gasteiger partial charge < -0.3 is 4.74 Å². The molecule has 2 nitrogen and oxygen atoms in total. The molecule has 0 amide bonds. The summed E-state index contributed by atoms with van der Waals surface area (Å²) in [7, 11) is 1.62. The first kappa shape index (κ1) is 16.3. The third kappa shape index (κ3) is 3.38. The van der Waals surface area contributed by atoms with Crippen LogP contribution in [0, 0.1) is 0 Å². The molecule has 0 radical (unpaired) electrons. The van der Waals surface area contributed by atoms with E-state index in [0.717, 1.165) is 16.9 Å². The summed E-state index contributed by atoms with van der Waals surface area (Å²) < 4.78 is 5.16. The Hall–Kier alpha value is -2.09. The molecule has 2 aromatic rings. The van der Waals surface area contributed by atoms with Crippen molar-refractivity contribution in [1.29, 1.82) is 0 Å². The van der Waals surface area contributed by atoms with E-state index in [0.29, 0.717) is 17.4 Å². The molecule has 0 aliphatic heterocycles. The molecular formula is C20H24O2. The van der Waals surface area contributed by atoms with Crippen molar-refractivity contribution in [3.63, 3.8) is 0 Å². The van der Waals surface area contributed by atoms with Crippen molar-refractivity contribution < 1.29 is 9.53 Å². The van der Waals surface area contributed by atoms with Crippen LogP contribution in [0.25, 0.3) is 0 Å². The van der Waals surface area contributed by atoms with Gasteiger partial charge in [0.25, 0.3) is 0 Å². The summed E-state index contributed by atoms with van der Waals surface area (Å²) in [6.45, 7) is 8.53. The highest BCUT2D eigenvalue weighted by Gasteiger charge is 2.17. The van der Waals surface area contributed by atoms with Crippen molar-refractivity contribution in [1.82, 2.24) is 0 Å². The van der Waals surface area contributed by atoms with E-state index in [-0.39, 0.29) is 5.78 Å². The van der Waals surface area contributed by atoms with E-state index in [4.69, 9.17) is 4.74 Å². The van der Waals surface area contributed by atoms with E-state index < -0.39 is 0 Å². The number of hydrogen-bond acceptors (Lipinski definition) is 2. The number of benzene rings is 2. The molecule has 116 valence electrons. The fraction of sp³-hybridized carbons (Fsp3) is 0.350. The Kier molecular flexibility index (Phi) is 5.02. The third-order valence-corrected chi connectivity index (χ3v) is 3.96. The Labute approximate surface area is 133 Å². The third-order valence-electron chi connectivity index (χ3n) is 3.96. The monoisotopic (exact) mass is 296 g/mol. The molecule has 0 N–H and O–H groups in total. The van der Waals surface area contributed by atoms with E-state index in [1.54, 1.807) is 7.11 Å². The molecule has 2 heteroatoms. The lowest BCUT2D eigenvalue weighted by molar-refractivity contribution is 0.103. The number of carbonyl (C=O) groups is 1. The summed E-state index contributed by atoms with van der Waals surface area (Å²) in [4.78, 5) is 12.9. The highest BCUT2D eigenvalue weighted by Crippen LogP contribution is 2.27. The summed E-state index contributed by atoms with van der Waals surface area (Å²) >= 11 is 0. The van der Waals surface area contributed by atoms with Crippen LogP contribution in [0.4, 0.5) is 0 Å². The Balaban J connectivity index is 2.47. The van der Waals surface area contributed by atoms with Gasteiger partial charge in [-0.25, -0.2) is 0 Å². The van der Waals surface area contributed by atoms with Crippen molar-refractivity contribution in [2.45, 2.75) is 39.5 Å². The second kappa shape index (κ2) is 6.78. The zero-order valence-corrected chi connectivity index (χ0v) is 14.0. The van der Waals surface area contributed by atoms with Crippen LogP contribution in [-0.2, 0) is 0 Å². The minimum absolute atomic E-state index is 0.0776. The lowest BCUT2D eigenvalue weighted by Gasteiger charge is -2.15. The van der Waals surface area contributed by atoms with Gasteiger partial charge in [-0.05, 0) is 53.3 Å². The summed E-state index contributed by atoms with van der Waals surface area (Å²) in [5, 5.41) is 0. The Morgan fingerprint density at radius 2 is 1.55 bits per heavy atom. The molecule has 2 rings (SSSR count). The van der Waals surface area contributed by atoms with Crippen molar-refractivity contribution in [3.8, 4) is 5.75 Å². The minimum Gasteiger partial charge on any atom is -0.497 e. The topological polar surface area (TPSA) is 26.3 Å². The Morgan fingerprint density at radius 3 is 2.05 bits per heavy atom. The molecule has 0 heterocycles. The predicted octanol–water partition coefficient (Wildman–Crippen LogP) is 5.17. The number of ketones is 1. The average molecular weight is 296 g/mol. The number of ether oxygens (including phenoxy) is 1. The normalized spacial score (nSPS) is 11.0. The van der Waals surface area contributed by atoms with Gasteiger partial charge in [0, 0.05) is 11.1 Å². The van der Waals surface area contributed by atoms with Gasteiger partial charge in [-0.2, -0.15) is 0 Å². The van der Waals surface area contributed by atoms with E-state index in [1.807, 2.05) is 30.3 Å². The van der Waals surface area contributed by atoms with E-state index in [9.17, 15) is 4.79 Å². The fourth-order valence-corrected chi connectivity index (χ4v) is 2.53. The SMILES string of the molecule is COc1ccc(C(=O)c2cc(C(C)C)ccc2C(C)C)cc1. The van der Waals surface area contributed by atoms with Crippen LogP contribution in [0.2, 0.25) is 0 Å². The van der Waals surface area contributed by atoms with Gasteiger partial charge >= 0.3 is 0 Å². The van der Waals surface area contributed by atoms with Gasteiger partial charge in [-0.1, -0.05) is 39.8 Å². The standard InChI is InChI=1S/C20H24O2/c1-13(2)16-8-11-18(14(3)4)19(12-16)20(21)15-6-9-17(22-5)10-7-15/h6-14H,1-5H3. The lowest BCUT2D eigenvalue weighted by atomic mass is 9.88. The van der Waals surface area contributed by atoms with Gasteiger partial charge in [0.05, 0.1) is 7.11 Å². The molecule has 0 aliphatic rings. The van der Waals surface area contributed by atoms with E-state index in [1.165, 1.54) is 5.56 Å². The average Bonchev–Trinajstić information content (AvgIpc) is 2.53. The van der Waals surface area contributed by atoms with Crippen LogP contribution in [0.5, 0.6) is 5.75 Å².